The van der Waals surface area contributed by atoms with Crippen LogP contribution in [0.1, 0.15) is 17.2 Å². The summed E-state index contributed by atoms with van der Waals surface area (Å²) in [5.41, 5.74) is 2.06. The van der Waals surface area contributed by atoms with Gasteiger partial charge in [0.2, 0.25) is 10.0 Å². The molecule has 6 nitrogen and oxygen atoms in total. The molecule has 0 saturated carbocycles. The molecule has 0 saturated heterocycles. The molecule has 3 aromatic rings. The van der Waals surface area contributed by atoms with Crippen LogP contribution in [0.4, 0.5) is 0 Å². The molecular weight excluding hydrogens is 366 g/mol. The zero-order valence-corrected chi connectivity index (χ0v) is 15.9. The van der Waals surface area contributed by atoms with Gasteiger partial charge in [0.05, 0.1) is 24.4 Å². The highest BCUT2D eigenvalue weighted by atomic mass is 32.2. The minimum absolute atomic E-state index is 0.131. The van der Waals surface area contributed by atoms with Crippen molar-refractivity contribution < 1.29 is 22.7 Å². The molecule has 27 heavy (non-hydrogen) atoms. The van der Waals surface area contributed by atoms with Gasteiger partial charge in [-0.2, -0.15) is 0 Å². The zero-order valence-electron chi connectivity index (χ0n) is 15.0. The number of hydrogen-bond donors (Lipinski definition) is 2. The van der Waals surface area contributed by atoms with E-state index in [0.29, 0.717) is 16.9 Å². The van der Waals surface area contributed by atoms with Gasteiger partial charge in [0, 0.05) is 12.1 Å². The van der Waals surface area contributed by atoms with E-state index in [1.165, 1.54) is 13.2 Å². The third-order valence-corrected chi connectivity index (χ3v) is 5.82. The fraction of sp³-hybridized carbons (Fsp3) is 0.200. The molecule has 2 aromatic carbocycles. The molecule has 7 heteroatoms. The van der Waals surface area contributed by atoms with E-state index >= 15 is 0 Å². The standard InChI is InChI=1S/C20H21NO5S/c1-14-12-17(25-2)9-10-20(14)27(23,24)21-13-18(22)15-5-7-16(8-6-15)19-4-3-11-26-19/h3-12,18,21-22H,13H2,1-2H3. The van der Waals surface area contributed by atoms with Crippen molar-refractivity contribution >= 4 is 10.0 Å². The fourth-order valence-corrected chi connectivity index (χ4v) is 4.01. The average Bonchev–Trinajstić information content (AvgIpc) is 3.20. The normalized spacial score (nSPS) is 12.7. The highest BCUT2D eigenvalue weighted by molar-refractivity contribution is 7.89. The van der Waals surface area contributed by atoms with E-state index in [1.54, 1.807) is 43.5 Å². The Labute approximate surface area is 158 Å². The third-order valence-electron chi connectivity index (χ3n) is 4.24. The van der Waals surface area contributed by atoms with Crippen molar-refractivity contribution in [2.75, 3.05) is 13.7 Å². The molecule has 0 amide bonds. The number of aliphatic hydroxyl groups excluding tert-OH is 1. The van der Waals surface area contributed by atoms with Gasteiger partial charge in [-0.15, -0.1) is 0 Å². The Morgan fingerprint density at radius 3 is 2.48 bits per heavy atom. The highest BCUT2D eigenvalue weighted by Gasteiger charge is 2.19. The SMILES string of the molecule is COc1ccc(S(=O)(=O)NCC(O)c2ccc(-c3ccco3)cc2)c(C)c1. The summed E-state index contributed by atoms with van der Waals surface area (Å²) >= 11 is 0. The topological polar surface area (TPSA) is 88.8 Å². The molecule has 1 unspecified atom stereocenters. The maximum Gasteiger partial charge on any atom is 0.240 e. The van der Waals surface area contributed by atoms with Crippen LogP contribution in [-0.2, 0) is 10.0 Å². The lowest BCUT2D eigenvalue weighted by atomic mass is 10.1. The van der Waals surface area contributed by atoms with Gasteiger partial charge >= 0.3 is 0 Å². The summed E-state index contributed by atoms with van der Waals surface area (Å²) in [6.07, 6.45) is 0.623. The number of nitrogens with one attached hydrogen (secondary N) is 1. The van der Waals surface area contributed by atoms with Gasteiger partial charge < -0.3 is 14.3 Å². The molecular formula is C20H21NO5S. The molecule has 0 aliphatic rings. The number of sulfonamides is 1. The number of aryl methyl sites for hydroxylation is 1. The largest absolute Gasteiger partial charge is 0.497 e. The summed E-state index contributed by atoms with van der Waals surface area (Å²) in [5.74, 6) is 1.31. The monoisotopic (exact) mass is 387 g/mol. The van der Waals surface area contributed by atoms with Crippen LogP contribution in [0.2, 0.25) is 0 Å². The molecule has 3 rings (SSSR count). The molecule has 1 aromatic heterocycles. The lowest BCUT2D eigenvalue weighted by Gasteiger charge is -2.14. The predicted molar refractivity (Wildman–Crippen MR) is 102 cm³/mol. The van der Waals surface area contributed by atoms with E-state index in [2.05, 4.69) is 4.72 Å². The van der Waals surface area contributed by atoms with E-state index < -0.39 is 16.1 Å². The Bertz CT molecular complexity index is 995. The molecule has 0 spiro atoms. The van der Waals surface area contributed by atoms with Crippen molar-refractivity contribution in [2.24, 2.45) is 0 Å². The second-order valence-electron chi connectivity index (χ2n) is 6.10. The van der Waals surface area contributed by atoms with Crippen molar-refractivity contribution in [3.63, 3.8) is 0 Å². The lowest BCUT2D eigenvalue weighted by Crippen LogP contribution is -2.29. The van der Waals surface area contributed by atoms with E-state index in [-0.39, 0.29) is 11.4 Å². The Hall–Kier alpha value is -2.61. The Kier molecular flexibility index (Phi) is 5.65. The Morgan fingerprint density at radius 1 is 1.15 bits per heavy atom. The predicted octanol–water partition coefficient (Wildman–Crippen LogP) is 3.28. The first-order chi connectivity index (χ1) is 12.9. The van der Waals surface area contributed by atoms with Crippen LogP contribution in [0.15, 0.2) is 70.2 Å². The molecule has 0 fully saturated rings. The minimum atomic E-state index is -3.74. The van der Waals surface area contributed by atoms with Crippen molar-refractivity contribution in [1.29, 1.82) is 0 Å². The average molecular weight is 387 g/mol. The second-order valence-corrected chi connectivity index (χ2v) is 7.83. The zero-order chi connectivity index (χ0) is 19.4. The number of ether oxygens (including phenoxy) is 1. The van der Waals surface area contributed by atoms with Gasteiger partial charge in [-0.1, -0.05) is 24.3 Å². The molecule has 2 N–H and O–H groups in total. The van der Waals surface area contributed by atoms with Crippen LogP contribution in [0.3, 0.4) is 0 Å². The number of benzene rings is 2. The highest BCUT2D eigenvalue weighted by Crippen LogP contribution is 2.23. The van der Waals surface area contributed by atoms with E-state index in [9.17, 15) is 13.5 Å². The number of aliphatic hydroxyl groups is 1. The smallest absolute Gasteiger partial charge is 0.240 e. The molecule has 0 radical (unpaired) electrons. The molecule has 1 atom stereocenters. The third kappa shape index (κ3) is 4.39. The first-order valence-electron chi connectivity index (χ1n) is 8.37. The van der Waals surface area contributed by atoms with Crippen LogP contribution >= 0.6 is 0 Å². The first kappa shape index (κ1) is 19.2. The quantitative estimate of drug-likeness (QED) is 0.649. The van der Waals surface area contributed by atoms with Gasteiger partial charge in [0.15, 0.2) is 0 Å². The lowest BCUT2D eigenvalue weighted by molar-refractivity contribution is 0.182. The van der Waals surface area contributed by atoms with Gasteiger partial charge in [0.25, 0.3) is 0 Å². The second kappa shape index (κ2) is 7.96. The summed E-state index contributed by atoms with van der Waals surface area (Å²) < 4.78 is 37.9. The minimum Gasteiger partial charge on any atom is -0.497 e. The van der Waals surface area contributed by atoms with Crippen molar-refractivity contribution in [3.05, 3.63) is 72.0 Å². The maximum atomic E-state index is 12.5. The molecule has 0 bridgehead atoms. The fourth-order valence-electron chi connectivity index (χ4n) is 2.75. The first-order valence-corrected chi connectivity index (χ1v) is 9.85. The maximum absolute atomic E-state index is 12.5. The van der Waals surface area contributed by atoms with Crippen LogP contribution in [0.5, 0.6) is 5.75 Å². The van der Waals surface area contributed by atoms with E-state index in [1.807, 2.05) is 18.2 Å². The van der Waals surface area contributed by atoms with Gasteiger partial charge in [-0.3, -0.25) is 0 Å². The summed E-state index contributed by atoms with van der Waals surface area (Å²) in [6, 6.07) is 15.5. The van der Waals surface area contributed by atoms with Crippen LogP contribution in [-0.4, -0.2) is 27.2 Å². The number of rotatable bonds is 7. The number of methoxy groups -OCH3 is 1. The Balaban J connectivity index is 1.68. The van der Waals surface area contributed by atoms with Crippen LogP contribution < -0.4 is 9.46 Å². The van der Waals surface area contributed by atoms with Gasteiger partial charge in [-0.25, -0.2) is 13.1 Å². The number of hydrogen-bond acceptors (Lipinski definition) is 5. The summed E-state index contributed by atoms with van der Waals surface area (Å²) in [7, 11) is -2.22. The van der Waals surface area contributed by atoms with E-state index in [4.69, 9.17) is 9.15 Å². The summed E-state index contributed by atoms with van der Waals surface area (Å²) in [4.78, 5) is 0.156. The number of furan rings is 1. The van der Waals surface area contributed by atoms with Crippen molar-refractivity contribution in [1.82, 2.24) is 4.72 Å². The van der Waals surface area contributed by atoms with Gasteiger partial charge in [-0.05, 0) is 48.4 Å². The Morgan fingerprint density at radius 2 is 1.89 bits per heavy atom. The van der Waals surface area contributed by atoms with Gasteiger partial charge in [0.1, 0.15) is 11.5 Å². The molecule has 0 aliphatic carbocycles. The molecule has 1 heterocycles. The molecule has 142 valence electrons. The van der Waals surface area contributed by atoms with Crippen LogP contribution in [0.25, 0.3) is 11.3 Å². The van der Waals surface area contributed by atoms with Crippen molar-refractivity contribution in [2.45, 2.75) is 17.9 Å². The van der Waals surface area contributed by atoms with Crippen LogP contribution in [0, 0.1) is 6.92 Å². The van der Waals surface area contributed by atoms with E-state index in [0.717, 1.165) is 11.3 Å². The molecule has 0 aliphatic heterocycles. The summed E-state index contributed by atoms with van der Waals surface area (Å²) in [5, 5.41) is 10.3. The van der Waals surface area contributed by atoms with Crippen molar-refractivity contribution in [3.8, 4) is 17.1 Å². The summed E-state index contributed by atoms with van der Waals surface area (Å²) in [6.45, 7) is 1.56.